The molecule has 3 aromatic rings. The van der Waals surface area contributed by atoms with Crippen LogP contribution in [0.15, 0.2) is 47.6 Å². The second-order valence-corrected chi connectivity index (χ2v) is 9.35. The summed E-state index contributed by atoms with van der Waals surface area (Å²) in [5.41, 5.74) is 3.52. The molecular weight excluding hydrogens is 450 g/mol. The first-order valence-electron chi connectivity index (χ1n) is 11.0. The summed E-state index contributed by atoms with van der Waals surface area (Å²) in [5.74, 6) is 1.28. The van der Waals surface area contributed by atoms with Crippen molar-refractivity contribution in [3.63, 3.8) is 0 Å². The number of ether oxygens (including phenoxy) is 1. The summed E-state index contributed by atoms with van der Waals surface area (Å²) >= 11 is 1.30. The number of aryl methyl sites for hydroxylation is 1. The molecule has 1 heterocycles. The Bertz CT molecular complexity index is 1160. The van der Waals surface area contributed by atoms with Crippen LogP contribution in [0.5, 0.6) is 5.75 Å². The lowest BCUT2D eigenvalue weighted by molar-refractivity contribution is -0.113. The van der Waals surface area contributed by atoms with Gasteiger partial charge in [0.2, 0.25) is 5.91 Å². The van der Waals surface area contributed by atoms with Crippen LogP contribution in [0.3, 0.4) is 0 Å². The summed E-state index contributed by atoms with van der Waals surface area (Å²) < 4.78 is 6.98. The largest absolute Gasteiger partial charge is 0.497 e. The second-order valence-electron chi connectivity index (χ2n) is 8.41. The first-order chi connectivity index (χ1) is 16.2. The lowest BCUT2D eigenvalue weighted by atomic mass is 10.0. The topological polar surface area (TPSA) is 98.1 Å². The number of hydrogen-bond donors (Lipinski definition) is 2. The highest BCUT2D eigenvalue weighted by Gasteiger charge is 2.25. The fourth-order valence-electron chi connectivity index (χ4n) is 3.42. The summed E-state index contributed by atoms with van der Waals surface area (Å²) in [4.78, 5) is 25.3. The zero-order valence-electron chi connectivity index (χ0n) is 20.4. The minimum atomic E-state index is -0.342. The SMILES string of the molecule is COc1ccc(C(=O)N[C@@H](c2nnc(SCC(=O)Nc3cccc(C)c3C)n2C)C(C)C)cc1. The molecule has 0 unspecified atom stereocenters. The van der Waals surface area contributed by atoms with E-state index in [2.05, 4.69) is 20.8 Å². The van der Waals surface area contributed by atoms with Crippen molar-refractivity contribution in [3.05, 3.63) is 65.0 Å². The number of rotatable bonds is 9. The monoisotopic (exact) mass is 481 g/mol. The fraction of sp³-hybridized carbons (Fsp3) is 0.360. The van der Waals surface area contributed by atoms with Gasteiger partial charge in [-0.3, -0.25) is 9.59 Å². The molecule has 2 amide bonds. The van der Waals surface area contributed by atoms with Crippen molar-refractivity contribution in [1.82, 2.24) is 20.1 Å². The van der Waals surface area contributed by atoms with Gasteiger partial charge < -0.3 is 19.9 Å². The van der Waals surface area contributed by atoms with Crippen LogP contribution in [0, 0.1) is 19.8 Å². The molecule has 0 spiro atoms. The molecule has 2 N–H and O–H groups in total. The van der Waals surface area contributed by atoms with E-state index in [1.165, 1.54) is 11.8 Å². The average molecular weight is 482 g/mol. The molecule has 9 heteroatoms. The maximum absolute atomic E-state index is 12.8. The van der Waals surface area contributed by atoms with Gasteiger partial charge >= 0.3 is 0 Å². The van der Waals surface area contributed by atoms with E-state index in [-0.39, 0.29) is 29.5 Å². The maximum atomic E-state index is 12.8. The summed E-state index contributed by atoms with van der Waals surface area (Å²) in [5, 5.41) is 15.2. The van der Waals surface area contributed by atoms with E-state index in [4.69, 9.17) is 4.74 Å². The van der Waals surface area contributed by atoms with Gasteiger partial charge in [0.1, 0.15) is 5.75 Å². The summed E-state index contributed by atoms with van der Waals surface area (Å²) in [6, 6.07) is 12.4. The number of carbonyl (C=O) groups excluding carboxylic acids is 2. The number of thioether (sulfide) groups is 1. The van der Waals surface area contributed by atoms with E-state index < -0.39 is 0 Å². The molecule has 1 aromatic heterocycles. The molecule has 0 bridgehead atoms. The first kappa shape index (κ1) is 25.3. The van der Waals surface area contributed by atoms with Gasteiger partial charge in [-0.25, -0.2) is 0 Å². The highest BCUT2D eigenvalue weighted by Crippen LogP contribution is 2.25. The number of nitrogens with zero attached hydrogens (tertiary/aromatic N) is 3. The van der Waals surface area contributed by atoms with Crippen molar-refractivity contribution < 1.29 is 14.3 Å². The van der Waals surface area contributed by atoms with Crippen molar-refractivity contribution in [2.45, 2.75) is 38.9 Å². The van der Waals surface area contributed by atoms with Gasteiger partial charge in [0.25, 0.3) is 5.91 Å². The summed E-state index contributed by atoms with van der Waals surface area (Å²) in [7, 11) is 3.43. The molecule has 0 radical (unpaired) electrons. The van der Waals surface area contributed by atoms with Crippen LogP contribution in [0.25, 0.3) is 0 Å². The van der Waals surface area contributed by atoms with Gasteiger partial charge in [-0.2, -0.15) is 0 Å². The Morgan fingerprint density at radius 1 is 1.09 bits per heavy atom. The maximum Gasteiger partial charge on any atom is 0.251 e. The van der Waals surface area contributed by atoms with Gasteiger partial charge in [-0.05, 0) is 61.2 Å². The van der Waals surface area contributed by atoms with Gasteiger partial charge in [0.05, 0.1) is 18.9 Å². The van der Waals surface area contributed by atoms with Crippen molar-refractivity contribution in [3.8, 4) is 5.75 Å². The Hall–Kier alpha value is -3.33. The van der Waals surface area contributed by atoms with Crippen molar-refractivity contribution in [2.24, 2.45) is 13.0 Å². The molecule has 180 valence electrons. The predicted octanol–water partition coefficient (Wildman–Crippen LogP) is 4.30. The number of benzene rings is 2. The average Bonchev–Trinajstić information content (AvgIpc) is 3.18. The zero-order chi connectivity index (χ0) is 24.8. The molecule has 3 rings (SSSR count). The third kappa shape index (κ3) is 5.96. The molecule has 0 fully saturated rings. The summed E-state index contributed by atoms with van der Waals surface area (Å²) in [6.07, 6.45) is 0. The summed E-state index contributed by atoms with van der Waals surface area (Å²) in [6.45, 7) is 8.02. The Kier molecular flexibility index (Phi) is 8.33. The number of anilines is 1. The van der Waals surface area contributed by atoms with E-state index in [0.717, 1.165) is 16.8 Å². The van der Waals surface area contributed by atoms with Crippen molar-refractivity contribution >= 4 is 29.3 Å². The quantitative estimate of drug-likeness (QED) is 0.442. The molecule has 0 aliphatic rings. The Labute approximate surface area is 204 Å². The second kappa shape index (κ2) is 11.2. The van der Waals surface area contributed by atoms with Gasteiger partial charge in [-0.1, -0.05) is 37.7 Å². The molecule has 8 nitrogen and oxygen atoms in total. The van der Waals surface area contributed by atoms with E-state index in [9.17, 15) is 9.59 Å². The molecule has 0 aliphatic heterocycles. The minimum absolute atomic E-state index is 0.0792. The van der Waals surface area contributed by atoms with Crippen molar-refractivity contribution in [2.75, 3.05) is 18.2 Å². The third-order valence-corrected chi connectivity index (χ3v) is 6.68. The Balaban J connectivity index is 1.67. The van der Waals surface area contributed by atoms with Crippen LogP contribution in [0.2, 0.25) is 0 Å². The number of hydrogen-bond acceptors (Lipinski definition) is 6. The first-order valence-corrected chi connectivity index (χ1v) is 12.0. The van der Waals surface area contributed by atoms with Crippen LogP contribution in [0.4, 0.5) is 5.69 Å². The molecule has 0 saturated heterocycles. The van der Waals surface area contributed by atoms with E-state index in [1.54, 1.807) is 31.4 Å². The van der Waals surface area contributed by atoms with Gasteiger partial charge in [0, 0.05) is 18.3 Å². The third-order valence-electron chi connectivity index (χ3n) is 5.66. The Morgan fingerprint density at radius 2 is 1.79 bits per heavy atom. The normalized spacial score (nSPS) is 11.9. The number of methoxy groups -OCH3 is 1. The van der Waals surface area contributed by atoms with E-state index in [1.807, 2.05) is 57.5 Å². The lowest BCUT2D eigenvalue weighted by Crippen LogP contribution is -2.33. The highest BCUT2D eigenvalue weighted by atomic mass is 32.2. The van der Waals surface area contributed by atoms with E-state index in [0.29, 0.717) is 22.3 Å². The molecule has 34 heavy (non-hydrogen) atoms. The molecule has 2 aromatic carbocycles. The number of amides is 2. The van der Waals surface area contributed by atoms with Crippen LogP contribution in [0.1, 0.15) is 47.2 Å². The minimum Gasteiger partial charge on any atom is -0.497 e. The van der Waals surface area contributed by atoms with Crippen LogP contribution >= 0.6 is 11.8 Å². The predicted molar refractivity (Wildman–Crippen MR) is 134 cm³/mol. The van der Waals surface area contributed by atoms with Crippen LogP contribution < -0.4 is 15.4 Å². The van der Waals surface area contributed by atoms with Crippen LogP contribution in [-0.4, -0.2) is 39.4 Å². The smallest absolute Gasteiger partial charge is 0.251 e. The number of nitrogens with one attached hydrogen (secondary N) is 2. The van der Waals surface area contributed by atoms with Crippen LogP contribution in [-0.2, 0) is 11.8 Å². The van der Waals surface area contributed by atoms with Crippen molar-refractivity contribution in [1.29, 1.82) is 0 Å². The highest BCUT2D eigenvalue weighted by molar-refractivity contribution is 7.99. The van der Waals surface area contributed by atoms with E-state index >= 15 is 0 Å². The van der Waals surface area contributed by atoms with Gasteiger partial charge in [-0.15, -0.1) is 10.2 Å². The molecule has 1 atom stereocenters. The number of carbonyl (C=O) groups is 2. The molecule has 0 aliphatic carbocycles. The lowest BCUT2D eigenvalue weighted by Gasteiger charge is -2.21. The fourth-order valence-corrected chi connectivity index (χ4v) is 4.14. The zero-order valence-corrected chi connectivity index (χ0v) is 21.2. The standard InChI is InChI=1S/C25H31N5O3S/c1-15(2)22(27-24(32)18-10-12-19(33-6)13-11-18)23-28-29-25(30(23)5)34-14-21(31)26-20-9-7-8-16(3)17(20)4/h7-13,15,22H,14H2,1-6H3,(H,26,31)(H,27,32)/t22-/m1/s1. The Morgan fingerprint density at radius 3 is 2.44 bits per heavy atom. The molecular formula is C25H31N5O3S. The number of aromatic nitrogens is 3. The van der Waals surface area contributed by atoms with Gasteiger partial charge in [0.15, 0.2) is 11.0 Å². The molecule has 0 saturated carbocycles.